The molecule has 0 fully saturated rings. The molecule has 2 N–H and O–H groups in total. The third-order valence-electron chi connectivity index (χ3n) is 2.65. The van der Waals surface area contributed by atoms with Gasteiger partial charge in [0.25, 0.3) is 0 Å². The minimum atomic E-state index is -0.722. The first-order chi connectivity index (χ1) is 6.97. The van der Waals surface area contributed by atoms with Gasteiger partial charge < -0.3 is 10.3 Å². The summed E-state index contributed by atoms with van der Waals surface area (Å²) >= 11 is 0. The van der Waals surface area contributed by atoms with Crippen LogP contribution in [0.4, 0.5) is 0 Å². The van der Waals surface area contributed by atoms with Crippen LogP contribution in [0.1, 0.15) is 32.5 Å². The summed E-state index contributed by atoms with van der Waals surface area (Å²) in [6, 6.07) is 0. The molecule has 4 nitrogen and oxygen atoms in total. The zero-order valence-electron chi connectivity index (χ0n) is 9.66. The predicted molar refractivity (Wildman–Crippen MR) is 59.4 cm³/mol. The lowest BCUT2D eigenvalue weighted by atomic mass is 9.90. The first-order valence-corrected chi connectivity index (χ1v) is 5.25. The lowest BCUT2D eigenvalue weighted by molar-refractivity contribution is -0.123. The number of nitrogens with zero attached hydrogens (tertiary/aromatic N) is 2. The standard InChI is InChI=1S/C11H19N3O/c1-4-5-11(2,12)9(15)8-10-13-6-7-14(10)3/h6-7H,4-5,8,12H2,1-3H3. The average molecular weight is 209 g/mol. The molecule has 0 spiro atoms. The van der Waals surface area contributed by atoms with Crippen LogP contribution in [0.2, 0.25) is 0 Å². The van der Waals surface area contributed by atoms with Gasteiger partial charge in [-0.1, -0.05) is 13.3 Å². The van der Waals surface area contributed by atoms with Gasteiger partial charge in [0.1, 0.15) is 5.82 Å². The Kier molecular flexibility index (Phi) is 3.63. The molecule has 0 saturated carbocycles. The molecule has 0 aromatic carbocycles. The number of aryl methyl sites for hydroxylation is 1. The van der Waals surface area contributed by atoms with E-state index in [1.165, 1.54) is 0 Å². The van der Waals surface area contributed by atoms with E-state index in [1.807, 2.05) is 24.7 Å². The molecule has 0 bridgehead atoms. The van der Waals surface area contributed by atoms with Crippen LogP contribution in [0.25, 0.3) is 0 Å². The maximum atomic E-state index is 11.9. The Bertz CT molecular complexity index is 341. The second kappa shape index (κ2) is 4.57. The van der Waals surface area contributed by atoms with Gasteiger partial charge in [0.2, 0.25) is 0 Å². The molecule has 1 aromatic rings. The lowest BCUT2D eigenvalue weighted by Crippen LogP contribution is -2.45. The molecule has 15 heavy (non-hydrogen) atoms. The molecule has 0 amide bonds. The summed E-state index contributed by atoms with van der Waals surface area (Å²) in [5.41, 5.74) is 5.23. The van der Waals surface area contributed by atoms with Crippen molar-refractivity contribution >= 4 is 5.78 Å². The molecule has 84 valence electrons. The SMILES string of the molecule is CCCC(C)(N)C(=O)Cc1nccn1C. The minimum Gasteiger partial charge on any atom is -0.338 e. The van der Waals surface area contributed by atoms with Gasteiger partial charge in [-0.05, 0) is 13.3 Å². The Morgan fingerprint density at radius 2 is 2.33 bits per heavy atom. The normalized spacial score (nSPS) is 14.9. The summed E-state index contributed by atoms with van der Waals surface area (Å²) in [5.74, 6) is 0.825. The van der Waals surface area contributed by atoms with E-state index < -0.39 is 5.54 Å². The Labute approximate surface area is 90.5 Å². The number of Topliss-reactive ketones (excluding diaryl/α,β-unsaturated/α-hetero) is 1. The second-order valence-corrected chi connectivity index (χ2v) is 4.22. The van der Waals surface area contributed by atoms with Crippen molar-refractivity contribution in [3.63, 3.8) is 0 Å². The second-order valence-electron chi connectivity index (χ2n) is 4.22. The summed E-state index contributed by atoms with van der Waals surface area (Å²) in [4.78, 5) is 16.0. The number of nitrogens with two attached hydrogens (primary N) is 1. The first-order valence-electron chi connectivity index (χ1n) is 5.25. The molecular weight excluding hydrogens is 190 g/mol. The molecular formula is C11H19N3O. The largest absolute Gasteiger partial charge is 0.338 e. The number of hydrogen-bond acceptors (Lipinski definition) is 3. The highest BCUT2D eigenvalue weighted by atomic mass is 16.1. The van der Waals surface area contributed by atoms with Crippen molar-refractivity contribution in [2.75, 3.05) is 0 Å². The van der Waals surface area contributed by atoms with Crippen LogP contribution in [0.15, 0.2) is 12.4 Å². The number of carbonyl (C=O) groups is 1. The fourth-order valence-electron chi connectivity index (χ4n) is 1.57. The van der Waals surface area contributed by atoms with Gasteiger partial charge in [-0.25, -0.2) is 4.98 Å². The average Bonchev–Trinajstić information content (AvgIpc) is 2.52. The van der Waals surface area contributed by atoms with Crippen LogP contribution in [0.3, 0.4) is 0 Å². The van der Waals surface area contributed by atoms with Crippen molar-refractivity contribution in [2.45, 2.75) is 38.6 Å². The molecule has 0 radical (unpaired) electrons. The third kappa shape index (κ3) is 2.89. The Morgan fingerprint density at radius 1 is 1.67 bits per heavy atom. The fourth-order valence-corrected chi connectivity index (χ4v) is 1.57. The van der Waals surface area contributed by atoms with Crippen molar-refractivity contribution < 1.29 is 4.79 Å². The summed E-state index contributed by atoms with van der Waals surface area (Å²) < 4.78 is 1.85. The van der Waals surface area contributed by atoms with Crippen molar-refractivity contribution in [3.8, 4) is 0 Å². The van der Waals surface area contributed by atoms with Crippen LogP contribution in [-0.2, 0) is 18.3 Å². The van der Waals surface area contributed by atoms with E-state index >= 15 is 0 Å². The van der Waals surface area contributed by atoms with Gasteiger partial charge in [-0.15, -0.1) is 0 Å². The molecule has 0 saturated heterocycles. The molecule has 1 aromatic heterocycles. The zero-order valence-corrected chi connectivity index (χ0v) is 9.66. The molecule has 0 aliphatic heterocycles. The maximum Gasteiger partial charge on any atom is 0.159 e. The smallest absolute Gasteiger partial charge is 0.159 e. The Morgan fingerprint density at radius 3 is 2.80 bits per heavy atom. The van der Waals surface area contributed by atoms with E-state index in [0.717, 1.165) is 18.7 Å². The lowest BCUT2D eigenvalue weighted by Gasteiger charge is -2.22. The summed E-state index contributed by atoms with van der Waals surface area (Å²) in [7, 11) is 1.88. The number of hydrogen-bond donors (Lipinski definition) is 1. The quantitative estimate of drug-likeness (QED) is 0.788. The van der Waals surface area contributed by atoms with E-state index in [-0.39, 0.29) is 5.78 Å². The highest BCUT2D eigenvalue weighted by Crippen LogP contribution is 2.12. The van der Waals surface area contributed by atoms with E-state index in [9.17, 15) is 4.79 Å². The third-order valence-corrected chi connectivity index (χ3v) is 2.65. The molecule has 4 heteroatoms. The van der Waals surface area contributed by atoms with E-state index in [0.29, 0.717) is 6.42 Å². The van der Waals surface area contributed by atoms with Crippen LogP contribution < -0.4 is 5.73 Å². The Balaban J connectivity index is 2.67. The van der Waals surface area contributed by atoms with Gasteiger partial charge in [-0.2, -0.15) is 0 Å². The molecule has 1 rings (SSSR count). The van der Waals surface area contributed by atoms with E-state index in [4.69, 9.17) is 5.73 Å². The number of rotatable bonds is 5. The number of imidazole rings is 1. The van der Waals surface area contributed by atoms with Crippen molar-refractivity contribution in [1.82, 2.24) is 9.55 Å². The minimum absolute atomic E-state index is 0.0543. The first kappa shape index (κ1) is 11.9. The molecule has 0 aliphatic rings. The van der Waals surface area contributed by atoms with Crippen LogP contribution in [-0.4, -0.2) is 20.9 Å². The van der Waals surface area contributed by atoms with Crippen molar-refractivity contribution in [1.29, 1.82) is 0 Å². The van der Waals surface area contributed by atoms with Gasteiger partial charge >= 0.3 is 0 Å². The number of ketones is 1. The van der Waals surface area contributed by atoms with Crippen LogP contribution in [0, 0.1) is 0 Å². The van der Waals surface area contributed by atoms with E-state index in [2.05, 4.69) is 4.98 Å². The van der Waals surface area contributed by atoms with Crippen LogP contribution in [0.5, 0.6) is 0 Å². The number of carbonyl (C=O) groups excluding carboxylic acids is 1. The van der Waals surface area contributed by atoms with Gasteiger partial charge in [0, 0.05) is 19.4 Å². The van der Waals surface area contributed by atoms with Crippen LogP contribution >= 0.6 is 0 Å². The number of aromatic nitrogens is 2. The summed E-state index contributed by atoms with van der Waals surface area (Å²) in [6.45, 7) is 3.82. The Hall–Kier alpha value is -1.16. The zero-order chi connectivity index (χ0) is 11.5. The van der Waals surface area contributed by atoms with E-state index in [1.54, 1.807) is 13.1 Å². The molecule has 1 unspecified atom stereocenters. The highest BCUT2D eigenvalue weighted by Gasteiger charge is 2.27. The van der Waals surface area contributed by atoms with Crippen molar-refractivity contribution in [3.05, 3.63) is 18.2 Å². The molecule has 0 aliphatic carbocycles. The fraction of sp³-hybridized carbons (Fsp3) is 0.636. The monoisotopic (exact) mass is 209 g/mol. The highest BCUT2D eigenvalue weighted by molar-refractivity contribution is 5.89. The molecule has 1 atom stereocenters. The van der Waals surface area contributed by atoms with Gasteiger partial charge in [0.15, 0.2) is 5.78 Å². The summed E-state index contributed by atoms with van der Waals surface area (Å²) in [6.07, 6.45) is 5.47. The summed E-state index contributed by atoms with van der Waals surface area (Å²) in [5, 5.41) is 0. The predicted octanol–water partition coefficient (Wildman–Crippen LogP) is 1.05. The van der Waals surface area contributed by atoms with Gasteiger partial charge in [-0.3, -0.25) is 4.79 Å². The van der Waals surface area contributed by atoms with Gasteiger partial charge in [0.05, 0.1) is 12.0 Å². The molecule has 1 heterocycles. The topological polar surface area (TPSA) is 60.9 Å². The van der Waals surface area contributed by atoms with Crippen molar-refractivity contribution in [2.24, 2.45) is 12.8 Å². The maximum absolute atomic E-state index is 11.9.